The van der Waals surface area contributed by atoms with Crippen molar-refractivity contribution in [3.63, 3.8) is 0 Å². The average molecular weight is 368 g/mol. The lowest BCUT2D eigenvalue weighted by atomic mass is 9.97. The molecule has 0 aliphatic rings. The number of benzene rings is 2. The van der Waals surface area contributed by atoms with Crippen molar-refractivity contribution >= 4 is 17.2 Å². The smallest absolute Gasteiger partial charge is 0.267 e. The van der Waals surface area contributed by atoms with Crippen molar-refractivity contribution in [1.29, 1.82) is 0 Å². The van der Waals surface area contributed by atoms with Crippen LogP contribution in [0.3, 0.4) is 0 Å². The molecule has 1 aromatic heterocycles. The summed E-state index contributed by atoms with van der Waals surface area (Å²) in [5.74, 6) is 0.704. The van der Waals surface area contributed by atoms with E-state index in [9.17, 15) is 9.90 Å². The van der Waals surface area contributed by atoms with Crippen LogP contribution in [0.5, 0.6) is 11.6 Å². The molecule has 0 saturated carbocycles. The highest BCUT2D eigenvalue weighted by molar-refractivity contribution is 7.12. The lowest BCUT2D eigenvalue weighted by molar-refractivity contribution is 0.0785. The first-order valence-electron chi connectivity index (χ1n) is 8.20. The number of thiazole rings is 1. The molecule has 134 valence electrons. The van der Waals surface area contributed by atoms with Gasteiger partial charge in [-0.25, -0.2) is 4.98 Å². The molecule has 3 aromatic rings. The number of para-hydroxylation sites is 1. The number of carbonyl (C=O) groups is 1. The van der Waals surface area contributed by atoms with E-state index in [0.717, 1.165) is 11.1 Å². The highest BCUT2D eigenvalue weighted by atomic mass is 32.1. The first kappa shape index (κ1) is 18.1. The van der Waals surface area contributed by atoms with Crippen molar-refractivity contribution < 1.29 is 14.6 Å². The van der Waals surface area contributed by atoms with Crippen molar-refractivity contribution in [2.45, 2.75) is 26.0 Å². The lowest BCUT2D eigenvalue weighted by Gasteiger charge is -2.17. The molecule has 5 nitrogen and oxygen atoms in total. The van der Waals surface area contributed by atoms with Crippen LogP contribution in [0.25, 0.3) is 0 Å². The zero-order chi connectivity index (χ0) is 18.6. The Bertz CT molecular complexity index is 868. The van der Waals surface area contributed by atoms with E-state index in [-0.39, 0.29) is 5.91 Å². The summed E-state index contributed by atoms with van der Waals surface area (Å²) in [4.78, 5) is 17.0. The quantitative estimate of drug-likeness (QED) is 0.687. The van der Waals surface area contributed by atoms with E-state index in [2.05, 4.69) is 10.3 Å². The van der Waals surface area contributed by atoms with Gasteiger partial charge in [0.05, 0.1) is 11.1 Å². The zero-order valence-electron chi connectivity index (χ0n) is 14.6. The highest BCUT2D eigenvalue weighted by Crippen LogP contribution is 2.26. The third kappa shape index (κ3) is 4.47. The Morgan fingerprint density at radius 3 is 2.50 bits per heavy atom. The molecule has 1 amide bonds. The molecule has 0 aliphatic heterocycles. The van der Waals surface area contributed by atoms with Gasteiger partial charge in [0.1, 0.15) is 5.75 Å². The Hall–Kier alpha value is -2.70. The molecule has 0 fully saturated rings. The number of hydrogen-bond acceptors (Lipinski definition) is 5. The highest BCUT2D eigenvalue weighted by Gasteiger charge is 2.17. The van der Waals surface area contributed by atoms with Crippen LogP contribution in [-0.2, 0) is 12.1 Å². The van der Waals surface area contributed by atoms with Gasteiger partial charge in [-0.15, -0.1) is 11.3 Å². The van der Waals surface area contributed by atoms with Crippen LogP contribution in [0.2, 0.25) is 0 Å². The second-order valence-electron chi connectivity index (χ2n) is 6.34. The van der Waals surface area contributed by atoms with E-state index in [0.29, 0.717) is 23.1 Å². The molecule has 1 heterocycles. The summed E-state index contributed by atoms with van der Waals surface area (Å²) in [6, 6.07) is 16.7. The Kier molecular flexibility index (Phi) is 5.35. The van der Waals surface area contributed by atoms with Gasteiger partial charge >= 0.3 is 0 Å². The molecule has 0 spiro atoms. The van der Waals surface area contributed by atoms with E-state index in [1.54, 1.807) is 19.4 Å². The van der Waals surface area contributed by atoms with Gasteiger partial charge < -0.3 is 15.2 Å². The summed E-state index contributed by atoms with van der Waals surface area (Å²) >= 11 is 1.24. The van der Waals surface area contributed by atoms with Gasteiger partial charge in [-0.2, -0.15) is 0 Å². The molecule has 0 atom stereocenters. The maximum atomic E-state index is 12.5. The number of carbonyl (C=O) groups excluding carboxylic acids is 1. The fourth-order valence-corrected chi connectivity index (χ4v) is 2.98. The summed E-state index contributed by atoms with van der Waals surface area (Å²) < 4.78 is 5.69. The van der Waals surface area contributed by atoms with Crippen LogP contribution in [-0.4, -0.2) is 16.0 Å². The molecule has 3 rings (SSSR count). The third-order valence-electron chi connectivity index (χ3n) is 3.81. The van der Waals surface area contributed by atoms with Gasteiger partial charge in [0, 0.05) is 6.54 Å². The van der Waals surface area contributed by atoms with Crippen LogP contribution in [0, 0.1) is 0 Å². The van der Waals surface area contributed by atoms with Crippen LogP contribution in [0.1, 0.15) is 34.6 Å². The molecule has 0 unspecified atom stereocenters. The van der Waals surface area contributed by atoms with Crippen molar-refractivity contribution in [1.82, 2.24) is 10.3 Å². The molecule has 0 bridgehead atoms. The standard InChI is InChI=1S/C20H20N2O3S/c1-20(2,24)15-10-8-14(9-11-15)12-21-18(23)17-19(22-13-26-17)25-16-6-4-3-5-7-16/h3-11,13,24H,12H2,1-2H3,(H,21,23). The monoisotopic (exact) mass is 368 g/mol. The second kappa shape index (κ2) is 7.68. The zero-order valence-corrected chi connectivity index (χ0v) is 15.4. The molecular formula is C20H20N2O3S. The van der Waals surface area contributed by atoms with E-state index in [4.69, 9.17) is 4.74 Å². The van der Waals surface area contributed by atoms with Crippen molar-refractivity contribution in [3.8, 4) is 11.6 Å². The van der Waals surface area contributed by atoms with Gasteiger partial charge in [-0.1, -0.05) is 42.5 Å². The molecule has 2 aromatic carbocycles. The van der Waals surface area contributed by atoms with Crippen LogP contribution < -0.4 is 10.1 Å². The number of ether oxygens (including phenoxy) is 1. The van der Waals surface area contributed by atoms with Crippen molar-refractivity contribution in [2.24, 2.45) is 0 Å². The van der Waals surface area contributed by atoms with E-state index in [1.165, 1.54) is 11.3 Å². The number of aromatic nitrogens is 1. The van der Waals surface area contributed by atoms with Crippen molar-refractivity contribution in [3.05, 3.63) is 76.1 Å². The molecule has 6 heteroatoms. The lowest BCUT2D eigenvalue weighted by Crippen LogP contribution is -2.22. The molecule has 0 radical (unpaired) electrons. The minimum Gasteiger partial charge on any atom is -0.437 e. The number of aliphatic hydroxyl groups is 1. The predicted octanol–water partition coefficient (Wildman–Crippen LogP) is 4.09. The maximum absolute atomic E-state index is 12.5. The first-order chi connectivity index (χ1) is 12.4. The van der Waals surface area contributed by atoms with Gasteiger partial charge in [0.2, 0.25) is 5.88 Å². The van der Waals surface area contributed by atoms with Gasteiger partial charge in [0.25, 0.3) is 5.91 Å². The maximum Gasteiger partial charge on any atom is 0.267 e. The minimum atomic E-state index is -0.881. The molecule has 26 heavy (non-hydrogen) atoms. The number of hydrogen-bond donors (Lipinski definition) is 2. The number of nitrogens with zero attached hydrogens (tertiary/aromatic N) is 1. The third-order valence-corrected chi connectivity index (χ3v) is 4.62. The number of amides is 1. The largest absolute Gasteiger partial charge is 0.437 e. The summed E-state index contributed by atoms with van der Waals surface area (Å²) in [5, 5.41) is 12.9. The van der Waals surface area contributed by atoms with E-state index < -0.39 is 5.60 Å². The predicted molar refractivity (Wildman–Crippen MR) is 101 cm³/mol. The fraction of sp³-hybridized carbons (Fsp3) is 0.200. The van der Waals surface area contributed by atoms with Gasteiger partial charge in [-0.05, 0) is 37.1 Å². The molecular weight excluding hydrogens is 348 g/mol. The Labute approximate surface area is 156 Å². The Balaban J connectivity index is 1.63. The van der Waals surface area contributed by atoms with E-state index in [1.807, 2.05) is 54.6 Å². The fourth-order valence-electron chi connectivity index (χ4n) is 2.35. The summed E-state index contributed by atoms with van der Waals surface area (Å²) in [6.45, 7) is 3.86. The molecule has 0 aliphatic carbocycles. The Morgan fingerprint density at radius 2 is 1.85 bits per heavy atom. The summed E-state index contributed by atoms with van der Waals surface area (Å²) in [5.41, 5.74) is 2.48. The van der Waals surface area contributed by atoms with Crippen LogP contribution >= 0.6 is 11.3 Å². The van der Waals surface area contributed by atoms with Crippen LogP contribution in [0.4, 0.5) is 0 Å². The van der Waals surface area contributed by atoms with E-state index >= 15 is 0 Å². The summed E-state index contributed by atoms with van der Waals surface area (Å²) in [6.07, 6.45) is 0. The number of rotatable bonds is 6. The Morgan fingerprint density at radius 1 is 1.15 bits per heavy atom. The summed E-state index contributed by atoms with van der Waals surface area (Å²) in [7, 11) is 0. The van der Waals surface area contributed by atoms with Crippen molar-refractivity contribution in [2.75, 3.05) is 0 Å². The van der Waals surface area contributed by atoms with Crippen LogP contribution in [0.15, 0.2) is 60.1 Å². The first-order valence-corrected chi connectivity index (χ1v) is 9.08. The topological polar surface area (TPSA) is 71.5 Å². The SMILES string of the molecule is CC(C)(O)c1ccc(CNC(=O)c2scnc2Oc2ccccc2)cc1. The average Bonchev–Trinajstić information content (AvgIpc) is 3.08. The molecule has 0 saturated heterocycles. The normalized spacial score (nSPS) is 11.2. The molecule has 2 N–H and O–H groups in total. The number of nitrogens with one attached hydrogen (secondary N) is 1. The van der Waals surface area contributed by atoms with Gasteiger partial charge in [-0.3, -0.25) is 4.79 Å². The second-order valence-corrected chi connectivity index (χ2v) is 7.20. The minimum absolute atomic E-state index is 0.231. The van der Waals surface area contributed by atoms with Gasteiger partial charge in [0.15, 0.2) is 4.88 Å².